The first-order chi connectivity index (χ1) is 17.6. The molecule has 0 heterocycles. The maximum Gasteiger partial charge on any atom is 0.319 e. The van der Waals surface area contributed by atoms with Gasteiger partial charge in [0.15, 0.2) is 0 Å². The Hall–Kier alpha value is -2.93. The number of aliphatic imine (C=N–C) groups is 1. The van der Waals surface area contributed by atoms with Crippen LogP contribution in [0.3, 0.4) is 0 Å². The average molecular weight is 512 g/mol. The van der Waals surface area contributed by atoms with Crippen molar-refractivity contribution in [1.29, 1.82) is 0 Å². The molecule has 1 aromatic carbocycles. The van der Waals surface area contributed by atoms with E-state index in [4.69, 9.17) is 24.8 Å². The number of phenolic OH excluding ortho intramolecular Hbond substituents is 2. The lowest BCUT2D eigenvalue weighted by Crippen LogP contribution is -2.29. The minimum atomic E-state index is -0.447. The van der Waals surface area contributed by atoms with Crippen LogP contribution in [0.25, 0.3) is 0 Å². The van der Waals surface area contributed by atoms with Gasteiger partial charge < -0.3 is 45.6 Å². The number of amides is 2. The molecular weight excluding hydrogens is 470 g/mol. The summed E-state index contributed by atoms with van der Waals surface area (Å²) in [6, 6.07) is 3.49. The molecule has 2 amide bonds. The van der Waals surface area contributed by atoms with Gasteiger partial charge in [-0.25, -0.2) is 4.79 Å². The van der Waals surface area contributed by atoms with Crippen LogP contribution in [0.2, 0.25) is 0 Å². The zero-order chi connectivity index (χ0) is 26.3. The topological polar surface area (TPSA) is 169 Å². The van der Waals surface area contributed by atoms with E-state index in [0.29, 0.717) is 77.9 Å². The molecule has 0 radical (unpaired) electrons. The lowest BCUT2D eigenvalue weighted by molar-refractivity contribution is -0.000868. The van der Waals surface area contributed by atoms with Crippen LogP contribution in [0.1, 0.15) is 32.6 Å². The average Bonchev–Trinajstić information content (AvgIpc) is 2.86. The molecule has 0 aliphatic rings. The Morgan fingerprint density at radius 3 is 2.22 bits per heavy atom. The Labute approximate surface area is 212 Å². The Morgan fingerprint density at radius 1 is 0.972 bits per heavy atom. The first-order valence-corrected chi connectivity index (χ1v) is 12.2. The summed E-state index contributed by atoms with van der Waals surface area (Å²) in [5.74, 6) is 5.12. The number of urea groups is 1. The van der Waals surface area contributed by atoms with E-state index in [2.05, 4.69) is 27.7 Å². The number of phenols is 2. The quantitative estimate of drug-likeness (QED) is 0.0418. The monoisotopic (exact) mass is 511 g/mol. The number of nitrogens with one attached hydrogen (secondary N) is 2. The van der Waals surface area contributed by atoms with Crippen molar-refractivity contribution in [2.24, 2.45) is 15.9 Å². The van der Waals surface area contributed by atoms with Gasteiger partial charge in [-0.05, 0) is 37.8 Å². The number of hydrogen-bond acceptors (Lipinski definition) is 10. The standard InChI is InChI=1S/C24H41N5O7/c1-2-10-33-12-14-35-16-17-36-15-13-34-11-9-26-19-20(29-25)5-3-4-8-27-24(32)28-22-7-6-21(30)18-23(22)31/h6-7,18-19,30-31H,2-5,8-17,25H2,1H3,(H2,27,28,32)/b26-19?,29-20-. The second-order valence-electron chi connectivity index (χ2n) is 7.64. The molecule has 6 N–H and O–H groups in total. The number of nitrogens with two attached hydrogens (primary N) is 1. The highest BCUT2D eigenvalue weighted by Crippen LogP contribution is 2.26. The van der Waals surface area contributed by atoms with Crippen LogP contribution < -0.4 is 16.5 Å². The minimum Gasteiger partial charge on any atom is -0.508 e. The Morgan fingerprint density at radius 2 is 1.61 bits per heavy atom. The third kappa shape index (κ3) is 16.7. The van der Waals surface area contributed by atoms with Gasteiger partial charge in [-0.3, -0.25) is 4.99 Å². The molecule has 0 atom stereocenters. The van der Waals surface area contributed by atoms with Crippen molar-refractivity contribution in [2.75, 3.05) is 71.3 Å². The second-order valence-corrected chi connectivity index (χ2v) is 7.64. The summed E-state index contributed by atoms with van der Waals surface area (Å²) in [5, 5.41) is 27.9. The zero-order valence-corrected chi connectivity index (χ0v) is 21.1. The number of aromatic hydroxyl groups is 2. The predicted molar refractivity (Wildman–Crippen MR) is 139 cm³/mol. The molecule has 0 unspecified atom stereocenters. The zero-order valence-electron chi connectivity index (χ0n) is 21.1. The lowest BCUT2D eigenvalue weighted by Gasteiger charge is -2.09. The van der Waals surface area contributed by atoms with Gasteiger partial charge in [-0.2, -0.15) is 5.10 Å². The molecule has 1 rings (SSSR count). The van der Waals surface area contributed by atoms with E-state index in [1.807, 2.05) is 0 Å². The summed E-state index contributed by atoms with van der Waals surface area (Å²) in [4.78, 5) is 16.1. The Balaban J connectivity index is 1.97. The van der Waals surface area contributed by atoms with Gasteiger partial charge in [-0.1, -0.05) is 6.92 Å². The first kappa shape index (κ1) is 31.1. The van der Waals surface area contributed by atoms with Gasteiger partial charge in [0.2, 0.25) is 0 Å². The van der Waals surface area contributed by atoms with Gasteiger partial charge in [0.25, 0.3) is 0 Å². The first-order valence-electron chi connectivity index (χ1n) is 12.2. The second kappa shape index (κ2) is 21.4. The SMILES string of the molecule is CCCOCCOCCOCCOCCN=C/C(CCCCNC(=O)Nc1ccc(O)cc1O)=N\N. The fourth-order valence-corrected chi connectivity index (χ4v) is 2.78. The van der Waals surface area contributed by atoms with E-state index >= 15 is 0 Å². The van der Waals surface area contributed by atoms with Crippen molar-refractivity contribution < 1.29 is 34.0 Å². The largest absolute Gasteiger partial charge is 0.508 e. The fourth-order valence-electron chi connectivity index (χ4n) is 2.78. The molecular formula is C24H41N5O7. The summed E-state index contributed by atoms with van der Waals surface area (Å²) >= 11 is 0. The molecule has 0 aliphatic heterocycles. The normalized spacial score (nSPS) is 11.8. The molecule has 12 nitrogen and oxygen atoms in total. The number of ether oxygens (including phenoxy) is 4. The third-order valence-electron chi connectivity index (χ3n) is 4.61. The number of hydrogen-bond donors (Lipinski definition) is 5. The summed E-state index contributed by atoms with van der Waals surface area (Å²) < 4.78 is 21.6. The number of hydrazone groups is 1. The smallest absolute Gasteiger partial charge is 0.319 e. The van der Waals surface area contributed by atoms with E-state index in [1.165, 1.54) is 12.1 Å². The van der Waals surface area contributed by atoms with Crippen LogP contribution in [-0.4, -0.2) is 94.1 Å². The summed E-state index contributed by atoms with van der Waals surface area (Å²) in [5.41, 5.74) is 0.876. The van der Waals surface area contributed by atoms with E-state index < -0.39 is 6.03 Å². The molecule has 0 fully saturated rings. The van der Waals surface area contributed by atoms with Gasteiger partial charge >= 0.3 is 6.03 Å². The van der Waals surface area contributed by atoms with Gasteiger partial charge in [0.05, 0.1) is 64.2 Å². The van der Waals surface area contributed by atoms with E-state index in [9.17, 15) is 15.0 Å². The van der Waals surface area contributed by atoms with Crippen LogP contribution in [0.15, 0.2) is 28.3 Å². The van der Waals surface area contributed by atoms with Crippen LogP contribution in [0.4, 0.5) is 10.5 Å². The number of anilines is 1. The van der Waals surface area contributed by atoms with Crippen LogP contribution in [-0.2, 0) is 18.9 Å². The highest BCUT2D eigenvalue weighted by Gasteiger charge is 2.06. The maximum absolute atomic E-state index is 11.9. The van der Waals surface area contributed by atoms with Crippen molar-refractivity contribution in [2.45, 2.75) is 32.6 Å². The molecule has 0 saturated heterocycles. The molecule has 204 valence electrons. The van der Waals surface area contributed by atoms with Crippen molar-refractivity contribution in [3.8, 4) is 11.5 Å². The number of carbonyl (C=O) groups excluding carboxylic acids is 1. The number of carbonyl (C=O) groups is 1. The molecule has 0 aliphatic carbocycles. The molecule has 0 saturated carbocycles. The minimum absolute atomic E-state index is 0.0847. The highest BCUT2D eigenvalue weighted by atomic mass is 16.6. The third-order valence-corrected chi connectivity index (χ3v) is 4.61. The highest BCUT2D eigenvalue weighted by molar-refractivity contribution is 6.30. The van der Waals surface area contributed by atoms with Crippen molar-refractivity contribution in [3.63, 3.8) is 0 Å². The fraction of sp³-hybridized carbons (Fsp3) is 0.625. The number of rotatable bonds is 21. The van der Waals surface area contributed by atoms with Crippen LogP contribution in [0.5, 0.6) is 11.5 Å². The van der Waals surface area contributed by atoms with Crippen molar-refractivity contribution in [3.05, 3.63) is 18.2 Å². The Kier molecular flexibility index (Phi) is 18.5. The van der Waals surface area contributed by atoms with E-state index in [0.717, 1.165) is 25.5 Å². The van der Waals surface area contributed by atoms with Gasteiger partial charge in [-0.15, -0.1) is 0 Å². The molecule has 36 heavy (non-hydrogen) atoms. The molecule has 0 aromatic heterocycles. The number of unbranched alkanes of at least 4 members (excludes halogenated alkanes) is 1. The maximum atomic E-state index is 11.9. The van der Waals surface area contributed by atoms with Gasteiger partial charge in [0.1, 0.15) is 11.5 Å². The molecule has 0 spiro atoms. The summed E-state index contributed by atoms with van der Waals surface area (Å²) in [6.07, 6.45) is 4.74. The summed E-state index contributed by atoms with van der Waals surface area (Å²) in [7, 11) is 0. The lowest BCUT2D eigenvalue weighted by atomic mass is 10.2. The van der Waals surface area contributed by atoms with Crippen LogP contribution in [0, 0.1) is 0 Å². The number of benzene rings is 1. The van der Waals surface area contributed by atoms with Gasteiger partial charge in [0, 0.05) is 25.4 Å². The summed E-state index contributed by atoms with van der Waals surface area (Å²) in [6.45, 7) is 7.46. The molecule has 12 heteroatoms. The molecule has 0 bridgehead atoms. The van der Waals surface area contributed by atoms with Crippen molar-refractivity contribution in [1.82, 2.24) is 5.32 Å². The van der Waals surface area contributed by atoms with E-state index in [1.54, 1.807) is 6.21 Å². The molecule has 1 aromatic rings. The van der Waals surface area contributed by atoms with E-state index in [-0.39, 0.29) is 17.2 Å². The predicted octanol–water partition coefficient (Wildman–Crippen LogP) is 2.25. The van der Waals surface area contributed by atoms with Crippen LogP contribution >= 0.6 is 0 Å². The Bertz CT molecular complexity index is 777. The number of nitrogens with zero attached hydrogens (tertiary/aromatic N) is 2. The van der Waals surface area contributed by atoms with Crippen molar-refractivity contribution >= 4 is 23.6 Å².